The number of carbonyl (C=O) groups is 1. The lowest BCUT2D eigenvalue weighted by molar-refractivity contribution is -0.134. The quantitative estimate of drug-likeness (QED) is 0.718. The molecule has 2 aromatic rings. The summed E-state index contributed by atoms with van der Waals surface area (Å²) in [5.41, 5.74) is 0.700. The SMILES string of the molecule is O=C(COc1ccc(Cl)cc1)N1CCC(S(=O)(=O)NCc2ccn[nH]2)CC1. The number of halogens is 1. The Morgan fingerprint density at radius 3 is 2.59 bits per heavy atom. The summed E-state index contributed by atoms with van der Waals surface area (Å²) in [6, 6.07) is 8.48. The molecule has 0 radical (unpaired) electrons. The van der Waals surface area contributed by atoms with E-state index in [1.165, 1.54) is 0 Å². The maximum atomic E-state index is 12.4. The van der Waals surface area contributed by atoms with Gasteiger partial charge in [-0.2, -0.15) is 5.10 Å². The van der Waals surface area contributed by atoms with E-state index < -0.39 is 15.3 Å². The first-order chi connectivity index (χ1) is 12.9. The molecule has 0 unspecified atom stereocenters. The van der Waals surface area contributed by atoms with Crippen LogP contribution in [-0.4, -0.2) is 54.4 Å². The fourth-order valence-electron chi connectivity index (χ4n) is 2.86. The Morgan fingerprint density at radius 1 is 1.26 bits per heavy atom. The third kappa shape index (κ3) is 5.44. The molecule has 1 amide bonds. The maximum absolute atomic E-state index is 12.4. The predicted molar refractivity (Wildman–Crippen MR) is 101 cm³/mol. The molecule has 1 aliphatic rings. The number of likely N-dealkylation sites (tertiary alicyclic amines) is 1. The molecule has 0 aliphatic carbocycles. The number of sulfonamides is 1. The summed E-state index contributed by atoms with van der Waals surface area (Å²) in [5.74, 6) is 0.402. The smallest absolute Gasteiger partial charge is 0.260 e. The molecule has 0 spiro atoms. The number of aromatic amines is 1. The second-order valence-electron chi connectivity index (χ2n) is 6.27. The standard InChI is InChI=1S/C17H21ClN4O4S/c18-13-1-3-15(4-2-13)26-12-17(23)22-9-6-16(7-10-22)27(24,25)20-11-14-5-8-19-21-14/h1-5,8,16,20H,6-7,9-12H2,(H,19,21). The monoisotopic (exact) mass is 412 g/mol. The molecule has 1 aromatic carbocycles. The van der Waals surface area contributed by atoms with Crippen LogP contribution >= 0.6 is 11.6 Å². The van der Waals surface area contributed by atoms with Crippen LogP contribution in [0.1, 0.15) is 18.5 Å². The number of nitrogens with zero attached hydrogens (tertiary/aromatic N) is 2. The minimum atomic E-state index is -3.45. The Kier molecular flexibility index (Phi) is 6.35. The summed E-state index contributed by atoms with van der Waals surface area (Å²) >= 11 is 5.81. The first-order valence-electron chi connectivity index (χ1n) is 8.57. The first kappa shape index (κ1) is 19.7. The fraction of sp³-hybridized carbons (Fsp3) is 0.412. The van der Waals surface area contributed by atoms with E-state index in [9.17, 15) is 13.2 Å². The number of H-pyrrole nitrogens is 1. The van der Waals surface area contributed by atoms with Gasteiger partial charge >= 0.3 is 0 Å². The molecule has 2 heterocycles. The predicted octanol–water partition coefficient (Wildman–Crippen LogP) is 1.55. The highest BCUT2D eigenvalue weighted by Gasteiger charge is 2.31. The summed E-state index contributed by atoms with van der Waals surface area (Å²) in [5, 5.41) is 6.58. The Labute approximate surface area is 162 Å². The van der Waals surface area contributed by atoms with E-state index in [0.29, 0.717) is 42.4 Å². The van der Waals surface area contributed by atoms with Crippen LogP contribution in [0.3, 0.4) is 0 Å². The van der Waals surface area contributed by atoms with E-state index in [1.54, 1.807) is 41.4 Å². The number of carbonyl (C=O) groups excluding carboxylic acids is 1. The molecule has 27 heavy (non-hydrogen) atoms. The van der Waals surface area contributed by atoms with Crippen molar-refractivity contribution in [1.29, 1.82) is 0 Å². The van der Waals surface area contributed by atoms with Gasteiger partial charge in [0.25, 0.3) is 5.91 Å². The van der Waals surface area contributed by atoms with Crippen molar-refractivity contribution < 1.29 is 17.9 Å². The van der Waals surface area contributed by atoms with Gasteiger partial charge in [0.05, 0.1) is 17.5 Å². The van der Waals surface area contributed by atoms with Crippen molar-refractivity contribution in [1.82, 2.24) is 19.8 Å². The number of amides is 1. The van der Waals surface area contributed by atoms with Crippen LogP contribution in [0.4, 0.5) is 0 Å². The highest BCUT2D eigenvalue weighted by Crippen LogP contribution is 2.19. The van der Waals surface area contributed by atoms with Gasteiger partial charge in [-0.05, 0) is 43.2 Å². The number of rotatable bonds is 7. The van der Waals surface area contributed by atoms with E-state index in [-0.39, 0.29) is 19.1 Å². The van der Waals surface area contributed by atoms with Crippen LogP contribution < -0.4 is 9.46 Å². The van der Waals surface area contributed by atoms with Crippen LogP contribution in [-0.2, 0) is 21.4 Å². The van der Waals surface area contributed by atoms with Crippen LogP contribution in [0, 0.1) is 0 Å². The Bertz CT molecular complexity index is 848. The Balaban J connectivity index is 1.44. The zero-order chi connectivity index (χ0) is 19.3. The Morgan fingerprint density at radius 2 is 1.96 bits per heavy atom. The van der Waals surface area contributed by atoms with Crippen molar-refractivity contribution >= 4 is 27.5 Å². The molecule has 146 valence electrons. The maximum Gasteiger partial charge on any atom is 0.260 e. The van der Waals surface area contributed by atoms with Gasteiger partial charge in [-0.25, -0.2) is 13.1 Å². The van der Waals surface area contributed by atoms with Crippen LogP contribution in [0.5, 0.6) is 5.75 Å². The van der Waals surface area contributed by atoms with Gasteiger partial charge in [-0.15, -0.1) is 0 Å². The van der Waals surface area contributed by atoms with Crippen LogP contribution in [0.15, 0.2) is 36.5 Å². The average Bonchev–Trinajstić information content (AvgIpc) is 3.20. The molecule has 2 N–H and O–H groups in total. The largest absolute Gasteiger partial charge is 0.484 e. The lowest BCUT2D eigenvalue weighted by Gasteiger charge is -2.31. The third-order valence-corrected chi connectivity index (χ3v) is 6.58. The molecule has 3 rings (SSSR count). The van der Waals surface area contributed by atoms with Gasteiger partial charge in [-0.1, -0.05) is 11.6 Å². The topological polar surface area (TPSA) is 104 Å². The number of hydrogen-bond acceptors (Lipinski definition) is 5. The molecule has 0 atom stereocenters. The second kappa shape index (κ2) is 8.73. The number of aromatic nitrogens is 2. The zero-order valence-corrected chi connectivity index (χ0v) is 16.2. The van der Waals surface area contributed by atoms with Crippen molar-refractivity contribution in [3.8, 4) is 5.75 Å². The van der Waals surface area contributed by atoms with Gasteiger partial charge in [0, 0.05) is 24.3 Å². The molecule has 0 saturated carbocycles. The van der Waals surface area contributed by atoms with Gasteiger partial charge < -0.3 is 9.64 Å². The van der Waals surface area contributed by atoms with Crippen molar-refractivity contribution in [2.45, 2.75) is 24.6 Å². The number of piperidine rings is 1. The summed E-state index contributed by atoms with van der Waals surface area (Å²) < 4.78 is 32.9. The summed E-state index contributed by atoms with van der Waals surface area (Å²) in [6.07, 6.45) is 2.36. The van der Waals surface area contributed by atoms with Gasteiger partial charge in [0.2, 0.25) is 10.0 Å². The fourth-order valence-corrected chi connectivity index (χ4v) is 4.41. The van der Waals surface area contributed by atoms with E-state index in [1.807, 2.05) is 0 Å². The summed E-state index contributed by atoms with van der Waals surface area (Å²) in [6.45, 7) is 0.866. The molecule has 1 saturated heterocycles. The number of ether oxygens (including phenoxy) is 1. The van der Waals surface area contributed by atoms with E-state index in [2.05, 4.69) is 14.9 Å². The molecular formula is C17H21ClN4O4S. The highest BCUT2D eigenvalue weighted by atomic mass is 35.5. The van der Waals surface area contributed by atoms with Crippen LogP contribution in [0.2, 0.25) is 5.02 Å². The average molecular weight is 413 g/mol. The molecule has 8 nitrogen and oxygen atoms in total. The molecule has 1 fully saturated rings. The molecule has 1 aromatic heterocycles. The molecule has 10 heteroatoms. The van der Waals surface area contributed by atoms with Crippen molar-refractivity contribution in [2.24, 2.45) is 0 Å². The molecule has 1 aliphatic heterocycles. The van der Waals surface area contributed by atoms with Gasteiger partial charge in [0.15, 0.2) is 6.61 Å². The van der Waals surface area contributed by atoms with Crippen molar-refractivity contribution in [2.75, 3.05) is 19.7 Å². The van der Waals surface area contributed by atoms with Gasteiger partial charge in [-0.3, -0.25) is 9.89 Å². The lowest BCUT2D eigenvalue weighted by atomic mass is 10.1. The minimum Gasteiger partial charge on any atom is -0.484 e. The highest BCUT2D eigenvalue weighted by molar-refractivity contribution is 7.90. The number of nitrogens with one attached hydrogen (secondary N) is 2. The number of hydrogen-bond donors (Lipinski definition) is 2. The lowest BCUT2D eigenvalue weighted by Crippen LogP contribution is -2.46. The van der Waals surface area contributed by atoms with Crippen molar-refractivity contribution in [3.63, 3.8) is 0 Å². The van der Waals surface area contributed by atoms with Gasteiger partial charge in [0.1, 0.15) is 5.75 Å². The van der Waals surface area contributed by atoms with E-state index in [0.717, 1.165) is 0 Å². The molecule has 0 bridgehead atoms. The third-order valence-electron chi connectivity index (χ3n) is 4.43. The van der Waals surface area contributed by atoms with Crippen LogP contribution in [0.25, 0.3) is 0 Å². The summed E-state index contributed by atoms with van der Waals surface area (Å²) in [7, 11) is -3.45. The second-order valence-corrected chi connectivity index (χ2v) is 8.75. The zero-order valence-electron chi connectivity index (χ0n) is 14.6. The number of benzene rings is 1. The van der Waals surface area contributed by atoms with Crippen molar-refractivity contribution in [3.05, 3.63) is 47.2 Å². The summed E-state index contributed by atoms with van der Waals surface area (Å²) in [4.78, 5) is 13.9. The molecular weight excluding hydrogens is 392 g/mol. The Hall–Kier alpha value is -2.10. The first-order valence-corrected chi connectivity index (χ1v) is 10.5. The van der Waals surface area contributed by atoms with E-state index >= 15 is 0 Å². The minimum absolute atomic E-state index is 0.0862. The normalized spacial score (nSPS) is 15.7. The van der Waals surface area contributed by atoms with E-state index in [4.69, 9.17) is 16.3 Å².